The Balaban J connectivity index is 1.77. The minimum atomic E-state index is 0.276. The van der Waals surface area contributed by atoms with Gasteiger partial charge in [-0.25, -0.2) is 0 Å². The fraction of sp³-hybridized carbons (Fsp3) is 0.625. The van der Waals surface area contributed by atoms with E-state index in [4.69, 9.17) is 15.2 Å². The highest BCUT2D eigenvalue weighted by Gasteiger charge is 2.25. The zero-order valence-electron chi connectivity index (χ0n) is 12.4. The van der Waals surface area contributed by atoms with Crippen LogP contribution in [0.1, 0.15) is 24.5 Å². The molecule has 1 saturated heterocycles. The van der Waals surface area contributed by atoms with Crippen LogP contribution in [0.3, 0.4) is 0 Å². The highest BCUT2D eigenvalue weighted by atomic mass is 16.5. The van der Waals surface area contributed by atoms with Crippen LogP contribution in [0.5, 0.6) is 11.5 Å². The minimum Gasteiger partial charge on any atom is -0.496 e. The molecule has 0 amide bonds. The minimum absolute atomic E-state index is 0.276. The summed E-state index contributed by atoms with van der Waals surface area (Å²) >= 11 is 0. The van der Waals surface area contributed by atoms with E-state index < -0.39 is 0 Å². The average molecular weight is 276 g/mol. The molecule has 0 radical (unpaired) electrons. The van der Waals surface area contributed by atoms with E-state index in [2.05, 4.69) is 24.0 Å². The van der Waals surface area contributed by atoms with Crippen molar-refractivity contribution in [3.8, 4) is 11.5 Å². The largest absolute Gasteiger partial charge is 0.496 e. The number of hydrogen-bond acceptors (Lipinski definition) is 4. The normalized spacial score (nSPS) is 25.6. The van der Waals surface area contributed by atoms with E-state index in [1.807, 2.05) is 0 Å². The smallest absolute Gasteiger partial charge is 0.123 e. The first kappa shape index (κ1) is 13.7. The molecule has 1 fully saturated rings. The van der Waals surface area contributed by atoms with Crippen molar-refractivity contribution < 1.29 is 9.47 Å². The van der Waals surface area contributed by atoms with E-state index in [0.717, 1.165) is 44.1 Å². The van der Waals surface area contributed by atoms with Crippen LogP contribution in [-0.2, 0) is 13.0 Å². The van der Waals surface area contributed by atoms with Gasteiger partial charge in [0.2, 0.25) is 0 Å². The summed E-state index contributed by atoms with van der Waals surface area (Å²) in [4.78, 5) is 2.46. The Morgan fingerprint density at radius 1 is 1.45 bits per heavy atom. The van der Waals surface area contributed by atoms with Gasteiger partial charge in [-0.1, -0.05) is 0 Å². The number of hydrogen-bond donors (Lipinski definition) is 1. The van der Waals surface area contributed by atoms with Crippen LogP contribution >= 0.6 is 0 Å². The average Bonchev–Trinajstić information content (AvgIpc) is 3.02. The molecule has 2 unspecified atom stereocenters. The number of methoxy groups -OCH3 is 1. The second kappa shape index (κ2) is 5.62. The van der Waals surface area contributed by atoms with Gasteiger partial charge in [-0.15, -0.1) is 0 Å². The molecule has 2 atom stereocenters. The molecule has 0 aromatic heterocycles. The molecule has 110 valence electrons. The number of nitrogens with two attached hydrogens (primary N) is 1. The van der Waals surface area contributed by atoms with Gasteiger partial charge in [-0.2, -0.15) is 0 Å². The second-order valence-electron chi connectivity index (χ2n) is 6.03. The van der Waals surface area contributed by atoms with Crippen molar-refractivity contribution in [3.05, 3.63) is 23.3 Å². The second-order valence-corrected chi connectivity index (χ2v) is 6.03. The van der Waals surface area contributed by atoms with Crippen LogP contribution in [0, 0.1) is 5.92 Å². The maximum Gasteiger partial charge on any atom is 0.123 e. The van der Waals surface area contributed by atoms with Gasteiger partial charge in [0.25, 0.3) is 0 Å². The van der Waals surface area contributed by atoms with Crippen LogP contribution in [0.15, 0.2) is 12.1 Å². The molecule has 1 aromatic carbocycles. The zero-order valence-corrected chi connectivity index (χ0v) is 12.4. The van der Waals surface area contributed by atoms with Crippen molar-refractivity contribution >= 4 is 0 Å². The molecule has 1 aromatic rings. The van der Waals surface area contributed by atoms with Crippen LogP contribution in [0.2, 0.25) is 0 Å². The monoisotopic (exact) mass is 276 g/mol. The number of fused-ring (bicyclic) bond motifs is 1. The van der Waals surface area contributed by atoms with Crippen molar-refractivity contribution in [2.75, 3.05) is 26.7 Å². The lowest BCUT2D eigenvalue weighted by molar-refractivity contribution is 0.253. The molecular weight excluding hydrogens is 252 g/mol. The molecule has 0 saturated carbocycles. The van der Waals surface area contributed by atoms with Crippen LogP contribution < -0.4 is 15.2 Å². The lowest BCUT2D eigenvalue weighted by atomic mass is 10.1. The number of ether oxygens (including phenoxy) is 2. The summed E-state index contributed by atoms with van der Waals surface area (Å²) in [6, 6.07) is 4.30. The van der Waals surface area contributed by atoms with Gasteiger partial charge in [0.05, 0.1) is 7.11 Å². The fourth-order valence-electron chi connectivity index (χ4n) is 3.28. The number of nitrogens with zero attached hydrogens (tertiary/aromatic N) is 1. The van der Waals surface area contributed by atoms with Crippen LogP contribution in [0.4, 0.5) is 0 Å². The molecule has 2 N–H and O–H groups in total. The Morgan fingerprint density at radius 2 is 2.30 bits per heavy atom. The van der Waals surface area contributed by atoms with Crippen molar-refractivity contribution in [2.24, 2.45) is 11.7 Å². The highest BCUT2D eigenvalue weighted by molar-refractivity contribution is 5.48. The van der Waals surface area contributed by atoms with E-state index in [1.165, 1.54) is 17.5 Å². The summed E-state index contributed by atoms with van der Waals surface area (Å²) in [7, 11) is 1.75. The summed E-state index contributed by atoms with van der Waals surface area (Å²) in [5.41, 5.74) is 8.25. The first-order valence-electron chi connectivity index (χ1n) is 7.48. The summed E-state index contributed by atoms with van der Waals surface area (Å²) < 4.78 is 11.4. The standard InChI is InChI=1S/C16H24N2O2/c1-11-5-13-6-15(19-2)14(7-16(13)20-11)10-18-4-3-12(8-17)9-18/h6-7,11-12H,3-5,8-10,17H2,1-2H3. The number of likely N-dealkylation sites (tertiary alicyclic amines) is 1. The van der Waals surface area contributed by atoms with E-state index >= 15 is 0 Å². The maximum absolute atomic E-state index is 5.86. The SMILES string of the molecule is COc1cc2c(cc1CN1CCC(CN)C1)OC(C)C2. The lowest BCUT2D eigenvalue weighted by Gasteiger charge is -2.18. The molecule has 20 heavy (non-hydrogen) atoms. The van der Waals surface area contributed by atoms with Crippen molar-refractivity contribution in [1.29, 1.82) is 0 Å². The summed E-state index contributed by atoms with van der Waals surface area (Å²) in [5, 5.41) is 0. The van der Waals surface area contributed by atoms with Crippen LogP contribution in [0.25, 0.3) is 0 Å². The predicted octanol–water partition coefficient (Wildman–Crippen LogP) is 1.80. The number of rotatable bonds is 4. The Bertz CT molecular complexity index is 490. The molecule has 0 aliphatic carbocycles. The Labute approximate surface area is 120 Å². The molecule has 2 aliphatic rings. The molecule has 4 nitrogen and oxygen atoms in total. The quantitative estimate of drug-likeness (QED) is 0.911. The highest BCUT2D eigenvalue weighted by Crippen LogP contribution is 2.36. The Hall–Kier alpha value is -1.26. The van der Waals surface area contributed by atoms with Crippen molar-refractivity contribution in [3.63, 3.8) is 0 Å². The predicted molar refractivity (Wildman–Crippen MR) is 79.2 cm³/mol. The third-order valence-corrected chi connectivity index (χ3v) is 4.40. The van der Waals surface area contributed by atoms with E-state index in [1.54, 1.807) is 7.11 Å². The molecule has 0 bridgehead atoms. The molecule has 2 heterocycles. The summed E-state index contributed by atoms with van der Waals surface area (Å²) in [5.74, 6) is 2.66. The number of benzene rings is 1. The van der Waals surface area contributed by atoms with Gasteiger partial charge >= 0.3 is 0 Å². The van der Waals surface area contributed by atoms with E-state index in [0.29, 0.717) is 5.92 Å². The fourth-order valence-corrected chi connectivity index (χ4v) is 3.28. The van der Waals surface area contributed by atoms with Gasteiger partial charge in [-0.3, -0.25) is 4.90 Å². The molecule has 4 heteroatoms. The first-order chi connectivity index (χ1) is 9.69. The molecular formula is C16H24N2O2. The molecule has 2 aliphatic heterocycles. The third-order valence-electron chi connectivity index (χ3n) is 4.40. The third kappa shape index (κ3) is 2.63. The topological polar surface area (TPSA) is 47.7 Å². The lowest BCUT2D eigenvalue weighted by Crippen LogP contribution is -2.23. The van der Waals surface area contributed by atoms with Crippen molar-refractivity contribution in [1.82, 2.24) is 4.90 Å². The molecule has 3 rings (SSSR count). The zero-order chi connectivity index (χ0) is 14.1. The first-order valence-corrected chi connectivity index (χ1v) is 7.48. The van der Waals surface area contributed by atoms with Gasteiger partial charge in [0, 0.05) is 30.6 Å². The van der Waals surface area contributed by atoms with Crippen molar-refractivity contribution in [2.45, 2.75) is 32.4 Å². The Morgan fingerprint density at radius 3 is 3.00 bits per heavy atom. The molecule has 0 spiro atoms. The van der Waals surface area contributed by atoms with Crippen LogP contribution in [-0.4, -0.2) is 37.7 Å². The van der Waals surface area contributed by atoms with Gasteiger partial charge in [0.1, 0.15) is 17.6 Å². The van der Waals surface area contributed by atoms with Gasteiger partial charge in [0.15, 0.2) is 0 Å². The summed E-state index contributed by atoms with van der Waals surface area (Å²) in [6.45, 7) is 6.04. The maximum atomic E-state index is 5.86. The summed E-state index contributed by atoms with van der Waals surface area (Å²) in [6.07, 6.45) is 2.46. The van der Waals surface area contributed by atoms with Gasteiger partial charge in [-0.05, 0) is 44.5 Å². The van der Waals surface area contributed by atoms with Gasteiger partial charge < -0.3 is 15.2 Å². The van der Waals surface area contributed by atoms with E-state index in [-0.39, 0.29) is 6.10 Å². The van der Waals surface area contributed by atoms with E-state index in [9.17, 15) is 0 Å². The Kier molecular flexibility index (Phi) is 3.85.